The molecule has 0 saturated carbocycles. The molecular weight excluding hydrogens is 450 g/mol. The molecule has 2 saturated heterocycles. The zero-order chi connectivity index (χ0) is 22.9. The Hall–Kier alpha value is -2.43. The second kappa shape index (κ2) is 9.44. The molecule has 33 heavy (non-hydrogen) atoms. The Morgan fingerprint density at radius 3 is 2.76 bits per heavy atom. The monoisotopic (exact) mass is 475 g/mol. The molecule has 4 heterocycles. The second-order valence-corrected chi connectivity index (χ2v) is 8.84. The summed E-state index contributed by atoms with van der Waals surface area (Å²) >= 11 is 6.48. The van der Waals surface area contributed by atoms with Crippen molar-refractivity contribution in [1.82, 2.24) is 15.0 Å². The minimum absolute atomic E-state index is 0.0538. The lowest BCUT2D eigenvalue weighted by Crippen LogP contribution is -2.29. The number of aromatic amines is 1. The van der Waals surface area contributed by atoms with Crippen molar-refractivity contribution in [1.29, 1.82) is 0 Å². The van der Waals surface area contributed by atoms with Gasteiger partial charge in [-0.25, -0.2) is 4.98 Å². The van der Waals surface area contributed by atoms with Gasteiger partial charge in [0.05, 0.1) is 48.8 Å². The number of aliphatic hydroxyl groups excluding tert-OH is 2. The molecule has 0 radical (unpaired) electrons. The molecule has 2 aromatic heterocycles. The third-order valence-electron chi connectivity index (χ3n) is 5.98. The number of H-pyrrole nitrogens is 1. The van der Waals surface area contributed by atoms with Crippen molar-refractivity contribution in [2.24, 2.45) is 5.92 Å². The topological polar surface area (TPSA) is 119 Å². The molecule has 10 heteroatoms. The van der Waals surface area contributed by atoms with E-state index in [2.05, 4.69) is 15.0 Å². The van der Waals surface area contributed by atoms with Crippen LogP contribution >= 0.6 is 11.6 Å². The number of benzene rings is 1. The van der Waals surface area contributed by atoms with E-state index in [0.717, 1.165) is 12.0 Å². The van der Waals surface area contributed by atoms with Gasteiger partial charge in [0.2, 0.25) is 0 Å². The number of aromatic nitrogens is 3. The van der Waals surface area contributed by atoms with E-state index in [1.165, 1.54) is 0 Å². The van der Waals surface area contributed by atoms with Crippen molar-refractivity contribution in [2.45, 2.75) is 37.8 Å². The lowest BCUT2D eigenvalue weighted by Gasteiger charge is -2.15. The molecule has 9 nitrogen and oxygen atoms in total. The fraction of sp³-hybridized carbons (Fsp3) is 0.478. The van der Waals surface area contributed by atoms with E-state index >= 15 is 0 Å². The van der Waals surface area contributed by atoms with Crippen molar-refractivity contribution < 1.29 is 29.2 Å². The number of ether oxygens (including phenoxy) is 4. The molecule has 2 aliphatic rings. The molecule has 0 aliphatic carbocycles. The fourth-order valence-electron chi connectivity index (χ4n) is 4.24. The highest BCUT2D eigenvalue weighted by Crippen LogP contribution is 2.33. The predicted octanol–water partition coefficient (Wildman–Crippen LogP) is 2.58. The number of aliphatic hydroxyl groups is 2. The Bertz CT molecular complexity index is 1110. The SMILES string of the molecule is CC(CO)Oc1ccc(-c2nc3nc(OCC[C@@H]4COC5C4OC[C@H]5O)[nH]c3cc2Cl)cc1. The molecule has 3 N–H and O–H groups in total. The molecule has 3 unspecified atom stereocenters. The first-order chi connectivity index (χ1) is 16.0. The number of hydrogen-bond donors (Lipinski definition) is 3. The van der Waals surface area contributed by atoms with Crippen LogP contribution in [0.4, 0.5) is 0 Å². The Balaban J connectivity index is 1.24. The van der Waals surface area contributed by atoms with Crippen LogP contribution < -0.4 is 9.47 Å². The number of hydrogen-bond acceptors (Lipinski definition) is 8. The van der Waals surface area contributed by atoms with Crippen LogP contribution in [0.5, 0.6) is 11.8 Å². The van der Waals surface area contributed by atoms with Gasteiger partial charge in [-0.3, -0.25) is 0 Å². The van der Waals surface area contributed by atoms with Gasteiger partial charge in [-0.2, -0.15) is 4.98 Å². The first-order valence-corrected chi connectivity index (χ1v) is 11.4. The first-order valence-electron chi connectivity index (χ1n) is 11.0. The van der Waals surface area contributed by atoms with Crippen molar-refractivity contribution in [3.8, 4) is 23.0 Å². The summed E-state index contributed by atoms with van der Waals surface area (Å²) in [5.74, 6) is 0.840. The van der Waals surface area contributed by atoms with E-state index in [9.17, 15) is 5.11 Å². The van der Waals surface area contributed by atoms with Crippen LogP contribution in [0.3, 0.4) is 0 Å². The molecule has 3 aromatic rings. The molecule has 5 rings (SSSR count). The van der Waals surface area contributed by atoms with Crippen molar-refractivity contribution in [3.63, 3.8) is 0 Å². The number of nitrogens with one attached hydrogen (secondary N) is 1. The summed E-state index contributed by atoms with van der Waals surface area (Å²) in [7, 11) is 0. The zero-order valence-corrected chi connectivity index (χ0v) is 18.9. The van der Waals surface area contributed by atoms with Gasteiger partial charge >= 0.3 is 0 Å². The largest absolute Gasteiger partial charge is 0.488 e. The molecular formula is C23H26ClN3O6. The van der Waals surface area contributed by atoms with Crippen LogP contribution in [0.25, 0.3) is 22.4 Å². The molecule has 0 amide bonds. The maximum Gasteiger partial charge on any atom is 0.296 e. The first kappa shape index (κ1) is 22.4. The molecule has 176 valence electrons. The molecule has 0 bridgehead atoms. The highest BCUT2D eigenvalue weighted by Gasteiger charge is 2.46. The van der Waals surface area contributed by atoms with Crippen molar-refractivity contribution >= 4 is 22.8 Å². The number of pyridine rings is 1. The summed E-state index contributed by atoms with van der Waals surface area (Å²) in [6.45, 7) is 3.05. The molecule has 0 spiro atoms. The van der Waals surface area contributed by atoms with Gasteiger partial charge in [-0.1, -0.05) is 11.6 Å². The minimum Gasteiger partial charge on any atom is -0.488 e. The number of fused-ring (bicyclic) bond motifs is 2. The number of rotatable bonds is 8. The summed E-state index contributed by atoms with van der Waals surface area (Å²) < 4.78 is 22.7. The maximum atomic E-state index is 9.86. The van der Waals surface area contributed by atoms with E-state index in [1.807, 2.05) is 24.3 Å². The van der Waals surface area contributed by atoms with Crippen LogP contribution in [0.1, 0.15) is 13.3 Å². The number of halogens is 1. The summed E-state index contributed by atoms with van der Waals surface area (Å²) in [6.07, 6.45) is -0.408. The average Bonchev–Trinajstić information content (AvgIpc) is 3.50. The van der Waals surface area contributed by atoms with E-state index in [0.29, 0.717) is 53.5 Å². The zero-order valence-electron chi connectivity index (χ0n) is 18.1. The second-order valence-electron chi connectivity index (χ2n) is 8.43. The van der Waals surface area contributed by atoms with Gasteiger partial charge in [-0.05, 0) is 43.7 Å². The van der Waals surface area contributed by atoms with E-state index < -0.39 is 6.10 Å². The highest BCUT2D eigenvalue weighted by atomic mass is 35.5. The van der Waals surface area contributed by atoms with Crippen molar-refractivity contribution in [3.05, 3.63) is 35.4 Å². The Kier molecular flexibility index (Phi) is 6.40. The quantitative estimate of drug-likeness (QED) is 0.455. The average molecular weight is 476 g/mol. The van der Waals surface area contributed by atoms with Crippen LogP contribution in [0.15, 0.2) is 30.3 Å². The number of nitrogens with zero attached hydrogens (tertiary/aromatic N) is 2. The molecule has 2 aliphatic heterocycles. The fourth-order valence-corrected chi connectivity index (χ4v) is 4.50. The summed E-state index contributed by atoms with van der Waals surface area (Å²) in [4.78, 5) is 12.2. The minimum atomic E-state index is -0.547. The van der Waals surface area contributed by atoms with Gasteiger partial charge < -0.3 is 34.1 Å². The van der Waals surface area contributed by atoms with E-state index in [-0.39, 0.29) is 30.8 Å². The normalized spacial score (nSPS) is 25.3. The summed E-state index contributed by atoms with van der Waals surface area (Å²) in [5.41, 5.74) is 2.62. The molecule has 1 aromatic carbocycles. The third kappa shape index (κ3) is 4.64. The van der Waals surface area contributed by atoms with Gasteiger partial charge in [0.1, 0.15) is 24.1 Å². The Morgan fingerprint density at radius 2 is 1.97 bits per heavy atom. The third-order valence-corrected chi connectivity index (χ3v) is 6.27. The molecule has 5 atom stereocenters. The Labute approximate surface area is 195 Å². The van der Waals surface area contributed by atoms with Crippen LogP contribution in [0, 0.1) is 5.92 Å². The summed E-state index contributed by atoms with van der Waals surface area (Å²) in [6, 6.07) is 9.50. The number of imidazole rings is 1. The van der Waals surface area contributed by atoms with Gasteiger partial charge in [-0.15, -0.1) is 0 Å². The predicted molar refractivity (Wildman–Crippen MR) is 121 cm³/mol. The lowest BCUT2D eigenvalue weighted by molar-refractivity contribution is 0.0163. The van der Waals surface area contributed by atoms with Gasteiger partial charge in [0, 0.05) is 11.5 Å². The molecule has 2 fully saturated rings. The maximum absolute atomic E-state index is 9.86. The van der Waals surface area contributed by atoms with Crippen LogP contribution in [-0.2, 0) is 9.47 Å². The van der Waals surface area contributed by atoms with Crippen LogP contribution in [0.2, 0.25) is 5.02 Å². The van der Waals surface area contributed by atoms with Crippen molar-refractivity contribution in [2.75, 3.05) is 26.4 Å². The smallest absolute Gasteiger partial charge is 0.296 e. The van der Waals surface area contributed by atoms with Crippen LogP contribution in [-0.4, -0.2) is 76.0 Å². The van der Waals surface area contributed by atoms with E-state index in [4.69, 9.17) is 35.7 Å². The van der Waals surface area contributed by atoms with Gasteiger partial charge in [0.15, 0.2) is 5.65 Å². The Morgan fingerprint density at radius 1 is 1.18 bits per heavy atom. The van der Waals surface area contributed by atoms with Gasteiger partial charge in [0.25, 0.3) is 6.01 Å². The lowest BCUT2D eigenvalue weighted by atomic mass is 9.98. The standard InChI is InChI=1S/C23H26ClN3O6/c1-12(9-28)33-15-4-2-13(3-5-15)19-16(24)8-17-22(26-19)27-23(25-17)30-7-6-14-10-31-21-18(29)11-32-20(14)21/h2-5,8,12,14,18,20-21,28-29H,6-7,9-11H2,1H3,(H,25,26,27)/t12?,14-,18-,20?,21?/m1/s1. The summed E-state index contributed by atoms with van der Waals surface area (Å²) in [5, 5.41) is 19.5. The highest BCUT2D eigenvalue weighted by molar-refractivity contribution is 6.33. The van der Waals surface area contributed by atoms with E-state index in [1.54, 1.807) is 13.0 Å².